The molecule has 1 aliphatic heterocycles. The molecule has 0 radical (unpaired) electrons. The maximum absolute atomic E-state index is 13.7. The van der Waals surface area contributed by atoms with Crippen molar-refractivity contribution in [2.24, 2.45) is 11.1 Å². The van der Waals surface area contributed by atoms with Crippen LogP contribution >= 0.6 is 34.7 Å². The van der Waals surface area contributed by atoms with E-state index in [4.69, 9.17) is 17.3 Å². The normalized spacial score (nSPS) is 18.4. The van der Waals surface area contributed by atoms with Crippen LogP contribution in [0.4, 0.5) is 10.8 Å². The molecule has 204 valence electrons. The van der Waals surface area contributed by atoms with Crippen LogP contribution in [0.2, 0.25) is 5.02 Å². The number of nitriles is 1. The maximum atomic E-state index is 13.7. The van der Waals surface area contributed by atoms with E-state index in [0.29, 0.717) is 44.2 Å². The highest BCUT2D eigenvalue weighted by molar-refractivity contribution is 8.01. The Morgan fingerprint density at radius 1 is 1.25 bits per heavy atom. The summed E-state index contributed by atoms with van der Waals surface area (Å²) >= 11 is 8.50. The number of nitrogens with one attached hydrogen (secondary N) is 1. The summed E-state index contributed by atoms with van der Waals surface area (Å²) in [4.78, 5) is 27.9. The Labute approximate surface area is 245 Å². The zero-order chi connectivity index (χ0) is 28.6. The van der Waals surface area contributed by atoms with E-state index < -0.39 is 5.92 Å². The fraction of sp³-hybridized carbons (Fsp3) is 0.276. The van der Waals surface area contributed by atoms with Gasteiger partial charge in [0.1, 0.15) is 5.82 Å². The molecule has 0 bridgehead atoms. The average molecular weight is 591 g/mol. The molecule has 0 fully saturated rings. The van der Waals surface area contributed by atoms with E-state index in [-0.39, 0.29) is 28.7 Å². The Balaban J connectivity index is 1.47. The molecule has 1 aliphatic carbocycles. The summed E-state index contributed by atoms with van der Waals surface area (Å²) in [7, 11) is 0. The molecule has 2 heterocycles. The summed E-state index contributed by atoms with van der Waals surface area (Å²) in [6.45, 7) is 6.08. The number of aromatic nitrogens is 2. The summed E-state index contributed by atoms with van der Waals surface area (Å²) in [5, 5.41) is 22.7. The molecular weight excluding hydrogens is 564 g/mol. The van der Waals surface area contributed by atoms with Crippen molar-refractivity contribution in [2.75, 3.05) is 16.0 Å². The number of ketones is 1. The Morgan fingerprint density at radius 2 is 2.02 bits per heavy atom. The highest BCUT2D eigenvalue weighted by Crippen LogP contribution is 2.50. The molecule has 0 saturated carbocycles. The highest BCUT2D eigenvalue weighted by atomic mass is 35.5. The van der Waals surface area contributed by atoms with Crippen LogP contribution in [-0.2, 0) is 9.59 Å². The number of aryl methyl sites for hydroxylation is 1. The van der Waals surface area contributed by atoms with Crippen LogP contribution in [0.5, 0.6) is 0 Å². The van der Waals surface area contributed by atoms with Gasteiger partial charge < -0.3 is 11.1 Å². The molecular formula is C29H27ClN6O2S2. The third kappa shape index (κ3) is 5.63. The molecule has 40 heavy (non-hydrogen) atoms. The molecule has 0 saturated heterocycles. The number of benzene rings is 2. The predicted molar refractivity (Wildman–Crippen MR) is 159 cm³/mol. The quantitative estimate of drug-likeness (QED) is 0.326. The number of halogens is 1. The van der Waals surface area contributed by atoms with Crippen molar-refractivity contribution in [3.63, 3.8) is 0 Å². The fourth-order valence-corrected chi connectivity index (χ4v) is 7.02. The van der Waals surface area contributed by atoms with Gasteiger partial charge in [0, 0.05) is 28.4 Å². The van der Waals surface area contributed by atoms with Crippen LogP contribution in [0.25, 0.3) is 0 Å². The number of allylic oxidation sites excluding steroid dienone is 3. The van der Waals surface area contributed by atoms with Crippen LogP contribution in [-0.4, -0.2) is 27.6 Å². The van der Waals surface area contributed by atoms with Crippen LogP contribution in [0.15, 0.2) is 75.5 Å². The Bertz CT molecular complexity index is 1620. The summed E-state index contributed by atoms with van der Waals surface area (Å²) in [6.07, 6.45) is 0.958. The molecule has 0 spiro atoms. The lowest BCUT2D eigenvalue weighted by atomic mass is 9.68. The van der Waals surface area contributed by atoms with E-state index in [9.17, 15) is 14.9 Å². The van der Waals surface area contributed by atoms with Gasteiger partial charge in [0.05, 0.1) is 23.3 Å². The lowest BCUT2D eigenvalue weighted by Crippen LogP contribution is -2.42. The number of rotatable bonds is 6. The molecule has 2 aliphatic rings. The number of hydrogen-bond acceptors (Lipinski definition) is 9. The van der Waals surface area contributed by atoms with E-state index in [0.717, 1.165) is 16.8 Å². The van der Waals surface area contributed by atoms with E-state index in [1.165, 1.54) is 23.1 Å². The second-order valence-corrected chi connectivity index (χ2v) is 13.2. The van der Waals surface area contributed by atoms with E-state index in [1.807, 2.05) is 45.0 Å². The molecule has 11 heteroatoms. The predicted octanol–water partition coefficient (Wildman–Crippen LogP) is 6.17. The van der Waals surface area contributed by atoms with Gasteiger partial charge in [-0.2, -0.15) is 5.26 Å². The first-order valence-corrected chi connectivity index (χ1v) is 14.8. The summed E-state index contributed by atoms with van der Waals surface area (Å²) in [5.74, 6) is -0.398. The minimum absolute atomic E-state index is 0.000179. The number of Topliss-reactive ketones (excluding diaryl/α,β-unsaturated/α-hetero) is 1. The first-order valence-electron chi connectivity index (χ1n) is 12.6. The van der Waals surface area contributed by atoms with Gasteiger partial charge in [0.15, 0.2) is 10.1 Å². The molecule has 1 unspecified atom stereocenters. The monoisotopic (exact) mass is 590 g/mol. The van der Waals surface area contributed by atoms with Gasteiger partial charge in [-0.3, -0.25) is 14.5 Å². The zero-order valence-corrected chi connectivity index (χ0v) is 24.6. The number of thioether (sulfide) groups is 1. The van der Waals surface area contributed by atoms with Crippen LogP contribution in [0.3, 0.4) is 0 Å². The number of carbonyl (C=O) groups excluding carboxylic acids is 2. The molecule has 8 nitrogen and oxygen atoms in total. The van der Waals surface area contributed by atoms with Crippen molar-refractivity contribution < 1.29 is 9.59 Å². The third-order valence-electron chi connectivity index (χ3n) is 6.78. The molecule has 3 N–H and O–H groups in total. The second kappa shape index (κ2) is 11.1. The van der Waals surface area contributed by atoms with Gasteiger partial charge in [-0.1, -0.05) is 84.4 Å². The Hall–Kier alpha value is -3.65. The fourth-order valence-electron chi connectivity index (χ4n) is 5.15. The number of hydrogen-bond donors (Lipinski definition) is 2. The number of nitrogens with zero attached hydrogens (tertiary/aromatic N) is 4. The third-order valence-corrected chi connectivity index (χ3v) is 9.06. The van der Waals surface area contributed by atoms with Gasteiger partial charge in [-0.05, 0) is 42.5 Å². The first kappa shape index (κ1) is 27.9. The molecule has 1 aromatic heterocycles. The SMILES string of the molecule is Cc1cccc(C2C(C#N)=C(N)N(c3nnc(SCC(=O)Nc4cccc(Cl)c4)s3)C3=C2C(=O)CC(C)(C)C3)c1. The largest absolute Gasteiger partial charge is 0.384 e. The van der Waals surface area contributed by atoms with Gasteiger partial charge in [-0.15, -0.1) is 10.2 Å². The number of amides is 1. The first-order chi connectivity index (χ1) is 19.1. The van der Waals surface area contributed by atoms with Crippen LogP contribution in [0, 0.1) is 23.7 Å². The average Bonchev–Trinajstić information content (AvgIpc) is 3.34. The van der Waals surface area contributed by atoms with E-state index >= 15 is 0 Å². The zero-order valence-electron chi connectivity index (χ0n) is 22.2. The van der Waals surface area contributed by atoms with E-state index in [1.54, 1.807) is 29.2 Å². The van der Waals surface area contributed by atoms with Gasteiger partial charge >= 0.3 is 0 Å². The van der Waals surface area contributed by atoms with Crippen molar-refractivity contribution in [1.29, 1.82) is 5.26 Å². The Morgan fingerprint density at radius 3 is 2.75 bits per heavy atom. The van der Waals surface area contributed by atoms with E-state index in [2.05, 4.69) is 21.6 Å². The van der Waals surface area contributed by atoms with Gasteiger partial charge in [0.25, 0.3) is 0 Å². The minimum Gasteiger partial charge on any atom is -0.384 e. The summed E-state index contributed by atoms with van der Waals surface area (Å²) in [6, 6.07) is 17.1. The summed E-state index contributed by atoms with van der Waals surface area (Å²) in [5.41, 5.74) is 10.5. The molecule has 2 aromatic carbocycles. The van der Waals surface area contributed by atoms with Gasteiger partial charge in [0.2, 0.25) is 11.0 Å². The number of anilines is 2. The highest BCUT2D eigenvalue weighted by Gasteiger charge is 2.45. The number of nitrogens with two attached hydrogens (primary N) is 1. The smallest absolute Gasteiger partial charge is 0.234 e. The van der Waals surface area contributed by atoms with Crippen LogP contribution in [0.1, 0.15) is 43.7 Å². The lowest BCUT2D eigenvalue weighted by molar-refractivity contribution is -0.118. The van der Waals surface area contributed by atoms with Crippen molar-refractivity contribution >= 4 is 57.2 Å². The van der Waals surface area contributed by atoms with Gasteiger partial charge in [-0.25, -0.2) is 0 Å². The van der Waals surface area contributed by atoms with Crippen LogP contribution < -0.4 is 16.0 Å². The minimum atomic E-state index is -0.545. The molecule has 5 rings (SSSR count). The van der Waals surface area contributed by atoms with Crippen molar-refractivity contribution in [3.8, 4) is 6.07 Å². The maximum Gasteiger partial charge on any atom is 0.234 e. The number of carbonyl (C=O) groups is 2. The summed E-state index contributed by atoms with van der Waals surface area (Å²) < 4.78 is 0.562. The topological polar surface area (TPSA) is 125 Å². The lowest BCUT2D eigenvalue weighted by Gasteiger charge is -2.42. The van der Waals surface area contributed by atoms with Crippen molar-refractivity contribution in [1.82, 2.24) is 10.2 Å². The second-order valence-electron chi connectivity index (χ2n) is 10.6. The van der Waals surface area contributed by atoms with Crippen molar-refractivity contribution in [2.45, 2.75) is 43.9 Å². The van der Waals surface area contributed by atoms with Crippen molar-refractivity contribution in [3.05, 3.63) is 87.3 Å². The standard InChI is InChI=1S/C29H27ClN6O2S2/c1-16-6-4-7-17(10-16)24-20(14-31)26(32)36(21-12-29(2,3)13-22(37)25(21)24)27-34-35-28(40-27)39-15-23(38)33-19-9-5-8-18(30)11-19/h4-11,24H,12-13,15,32H2,1-3H3,(H,33,38). The molecule has 3 aromatic rings. The molecule has 1 atom stereocenters. The molecule has 1 amide bonds. The Kier molecular flexibility index (Phi) is 7.73.